The van der Waals surface area contributed by atoms with E-state index >= 15 is 0 Å². The Balaban J connectivity index is 1.21. The van der Waals surface area contributed by atoms with Crippen molar-refractivity contribution >= 4 is 39.7 Å². The first-order valence-electron chi connectivity index (χ1n) is 11.1. The fraction of sp³-hybridized carbons (Fsp3) is 0.240. The van der Waals surface area contributed by atoms with Crippen LogP contribution < -0.4 is 20.3 Å². The largest absolute Gasteiger partial charge is 0.454 e. The molecule has 2 aromatic heterocycles. The number of aromatic nitrogens is 2. The first-order chi connectivity index (χ1) is 16.7. The van der Waals surface area contributed by atoms with E-state index < -0.39 is 0 Å². The molecule has 3 heterocycles. The Morgan fingerprint density at radius 3 is 2.88 bits per heavy atom. The van der Waals surface area contributed by atoms with Crippen LogP contribution in [0.4, 0.5) is 5.69 Å². The summed E-state index contributed by atoms with van der Waals surface area (Å²) < 4.78 is 12.5. The quantitative estimate of drug-likeness (QED) is 0.400. The van der Waals surface area contributed by atoms with Gasteiger partial charge in [-0.2, -0.15) is 0 Å². The first kappa shape index (κ1) is 21.2. The summed E-state index contributed by atoms with van der Waals surface area (Å²) in [6, 6.07) is 14.4. The minimum atomic E-state index is -0.228. The van der Waals surface area contributed by atoms with Gasteiger partial charge >= 0.3 is 0 Å². The highest BCUT2D eigenvalue weighted by molar-refractivity contribution is 7.98. The molecule has 7 nitrogen and oxygen atoms in total. The van der Waals surface area contributed by atoms with E-state index in [1.54, 1.807) is 51.8 Å². The molecule has 1 aliphatic carbocycles. The van der Waals surface area contributed by atoms with Crippen LogP contribution in [-0.2, 0) is 18.6 Å². The second kappa shape index (κ2) is 8.81. The van der Waals surface area contributed by atoms with Gasteiger partial charge in [0.15, 0.2) is 16.5 Å². The van der Waals surface area contributed by atoms with Gasteiger partial charge in [0.05, 0.1) is 11.4 Å². The van der Waals surface area contributed by atoms with Crippen LogP contribution in [0.1, 0.15) is 39.5 Å². The fourth-order valence-electron chi connectivity index (χ4n) is 4.30. The number of anilines is 1. The highest BCUT2D eigenvalue weighted by atomic mass is 32.2. The van der Waals surface area contributed by atoms with Gasteiger partial charge in [0, 0.05) is 32.8 Å². The van der Waals surface area contributed by atoms with Crippen LogP contribution in [0.5, 0.6) is 11.5 Å². The van der Waals surface area contributed by atoms with E-state index in [-0.39, 0.29) is 18.3 Å². The Kier molecular flexibility index (Phi) is 5.50. The molecule has 1 N–H and O–H groups in total. The predicted molar refractivity (Wildman–Crippen MR) is 133 cm³/mol. The van der Waals surface area contributed by atoms with Gasteiger partial charge in [-0.15, -0.1) is 23.1 Å². The van der Waals surface area contributed by atoms with Crippen molar-refractivity contribution in [1.82, 2.24) is 9.38 Å². The summed E-state index contributed by atoms with van der Waals surface area (Å²) >= 11 is 3.18. The Morgan fingerprint density at radius 1 is 1.09 bits per heavy atom. The molecule has 9 heteroatoms. The van der Waals surface area contributed by atoms with E-state index in [2.05, 4.69) is 5.32 Å². The molecule has 1 amide bonds. The van der Waals surface area contributed by atoms with Crippen molar-refractivity contribution in [2.24, 2.45) is 0 Å². The van der Waals surface area contributed by atoms with Crippen molar-refractivity contribution in [1.29, 1.82) is 0 Å². The van der Waals surface area contributed by atoms with E-state index in [9.17, 15) is 9.59 Å². The number of hydrogen-bond donors (Lipinski definition) is 1. The van der Waals surface area contributed by atoms with Crippen LogP contribution >= 0.6 is 23.1 Å². The van der Waals surface area contributed by atoms with Gasteiger partial charge < -0.3 is 14.8 Å². The number of fused-ring (bicyclic) bond motifs is 4. The minimum absolute atomic E-state index is 0.00982. The van der Waals surface area contributed by atoms with Crippen LogP contribution in [0.25, 0.3) is 4.96 Å². The molecule has 0 saturated heterocycles. The number of carbonyl (C=O) groups is 1. The highest BCUT2D eigenvalue weighted by Crippen LogP contribution is 2.34. The predicted octanol–water partition coefficient (Wildman–Crippen LogP) is 4.91. The summed E-state index contributed by atoms with van der Waals surface area (Å²) in [4.78, 5) is 33.4. The Bertz CT molecular complexity index is 1480. The molecule has 0 fully saturated rings. The first-order valence-corrected chi connectivity index (χ1v) is 12.9. The normalized spacial score (nSPS) is 14.2. The van der Waals surface area contributed by atoms with Gasteiger partial charge in [-0.1, -0.05) is 12.1 Å². The molecule has 0 saturated carbocycles. The van der Waals surface area contributed by atoms with E-state index in [0.29, 0.717) is 28.5 Å². The Labute approximate surface area is 203 Å². The molecule has 4 aromatic rings. The molecule has 2 aliphatic rings. The lowest BCUT2D eigenvalue weighted by molar-refractivity contribution is 0.102. The van der Waals surface area contributed by atoms with Crippen molar-refractivity contribution in [2.75, 3.05) is 12.1 Å². The summed E-state index contributed by atoms with van der Waals surface area (Å²) in [7, 11) is 0. The van der Waals surface area contributed by atoms with Gasteiger partial charge in [-0.05, 0) is 56.0 Å². The van der Waals surface area contributed by atoms with E-state index in [4.69, 9.17) is 14.5 Å². The topological polar surface area (TPSA) is 81.9 Å². The van der Waals surface area contributed by atoms with E-state index in [1.165, 1.54) is 11.3 Å². The number of para-hydroxylation sites is 1. The number of benzene rings is 2. The molecule has 0 radical (unpaired) electrons. The molecule has 1 aliphatic heterocycles. The molecule has 0 unspecified atom stereocenters. The maximum absolute atomic E-state index is 12.9. The van der Waals surface area contributed by atoms with Crippen LogP contribution in [0.15, 0.2) is 58.2 Å². The number of thiazole rings is 1. The number of nitrogens with one attached hydrogen (secondary N) is 1. The molecular weight excluding hydrogens is 470 g/mol. The van der Waals surface area contributed by atoms with Crippen molar-refractivity contribution < 1.29 is 14.3 Å². The number of rotatable bonds is 5. The number of aryl methyl sites for hydroxylation is 2. The number of carbonyl (C=O) groups excluding carboxylic acids is 1. The second-order valence-corrected chi connectivity index (χ2v) is 10.3. The van der Waals surface area contributed by atoms with Gasteiger partial charge in [-0.3, -0.25) is 14.0 Å². The van der Waals surface area contributed by atoms with Gasteiger partial charge in [0.2, 0.25) is 6.79 Å². The summed E-state index contributed by atoms with van der Waals surface area (Å²) in [5.41, 5.74) is 3.07. The number of amides is 1. The molecule has 0 bridgehead atoms. The van der Waals surface area contributed by atoms with Crippen molar-refractivity contribution in [3.63, 3.8) is 0 Å². The molecule has 0 spiro atoms. The number of nitrogens with zero attached hydrogens (tertiary/aromatic N) is 2. The van der Waals surface area contributed by atoms with E-state index in [1.807, 2.05) is 24.3 Å². The third-order valence-electron chi connectivity index (χ3n) is 5.96. The molecule has 6 rings (SSSR count). The van der Waals surface area contributed by atoms with Gasteiger partial charge in [0.25, 0.3) is 11.5 Å². The monoisotopic (exact) mass is 491 g/mol. The number of ether oxygens (including phenoxy) is 2. The zero-order valence-corrected chi connectivity index (χ0v) is 19.8. The molecule has 34 heavy (non-hydrogen) atoms. The third kappa shape index (κ3) is 3.95. The molecular formula is C25H21N3O4S2. The maximum Gasteiger partial charge on any atom is 0.259 e. The summed E-state index contributed by atoms with van der Waals surface area (Å²) in [6.07, 6.45) is 4.27. The Morgan fingerprint density at radius 2 is 1.94 bits per heavy atom. The smallest absolute Gasteiger partial charge is 0.259 e. The SMILES string of the molecule is O=C(Nc1ccccc1SCc1cc(=O)n2c3c(sc2n1)CCCC3)c1ccc2c(c1)OCO2. The lowest BCUT2D eigenvalue weighted by Crippen LogP contribution is -2.17. The average Bonchev–Trinajstić information content (AvgIpc) is 3.47. The Hall–Kier alpha value is -3.30. The minimum Gasteiger partial charge on any atom is -0.454 e. The fourth-order valence-corrected chi connectivity index (χ4v) is 6.43. The number of thioether (sulfide) groups is 1. The van der Waals surface area contributed by atoms with Gasteiger partial charge in [-0.25, -0.2) is 4.98 Å². The van der Waals surface area contributed by atoms with Crippen molar-refractivity contribution in [3.05, 3.63) is 80.7 Å². The summed E-state index contributed by atoms with van der Waals surface area (Å²) in [5.74, 6) is 1.51. The second-order valence-electron chi connectivity index (χ2n) is 8.19. The summed E-state index contributed by atoms with van der Waals surface area (Å²) in [5, 5.41) is 2.99. The van der Waals surface area contributed by atoms with Gasteiger partial charge in [0.1, 0.15) is 0 Å². The van der Waals surface area contributed by atoms with Crippen LogP contribution in [0, 0.1) is 0 Å². The highest BCUT2D eigenvalue weighted by Gasteiger charge is 2.19. The molecule has 2 aromatic carbocycles. The lowest BCUT2D eigenvalue weighted by atomic mass is 10.0. The third-order valence-corrected chi connectivity index (χ3v) is 8.21. The number of hydrogen-bond acceptors (Lipinski definition) is 7. The zero-order chi connectivity index (χ0) is 23.1. The van der Waals surface area contributed by atoms with Crippen LogP contribution in [0.3, 0.4) is 0 Å². The van der Waals surface area contributed by atoms with Crippen molar-refractivity contribution in [3.8, 4) is 11.5 Å². The average molecular weight is 492 g/mol. The zero-order valence-electron chi connectivity index (χ0n) is 18.2. The van der Waals surface area contributed by atoms with Crippen molar-refractivity contribution in [2.45, 2.75) is 36.3 Å². The summed E-state index contributed by atoms with van der Waals surface area (Å²) in [6.45, 7) is 0.164. The molecule has 0 atom stereocenters. The molecule has 172 valence electrons. The maximum atomic E-state index is 12.9. The van der Waals surface area contributed by atoms with Crippen LogP contribution in [-0.4, -0.2) is 22.1 Å². The van der Waals surface area contributed by atoms with Crippen LogP contribution in [0.2, 0.25) is 0 Å². The standard InChI is InChI=1S/C25H21N3O4S2/c29-23-12-16(26-25-28(23)18-6-2-4-8-22(18)34-25)13-33-21-7-3-1-5-17(21)27-24(30)15-9-10-19-20(11-15)32-14-31-19/h1,3,5,7,9-12H,2,4,6,8,13-14H2,(H,27,30). The van der Waals surface area contributed by atoms with E-state index in [0.717, 1.165) is 40.5 Å². The lowest BCUT2D eigenvalue weighted by Gasteiger charge is -2.11.